The van der Waals surface area contributed by atoms with Gasteiger partial charge in [0.15, 0.2) is 0 Å². The zero-order chi connectivity index (χ0) is 21.0. The molecule has 1 fully saturated rings. The van der Waals surface area contributed by atoms with E-state index in [2.05, 4.69) is 26.6 Å². The number of ether oxygens (including phenoxy) is 1. The first kappa shape index (κ1) is 21.3. The van der Waals surface area contributed by atoms with Crippen LogP contribution in [-0.4, -0.2) is 48.6 Å². The fraction of sp³-hybridized carbons (Fsp3) is 0.364. The van der Waals surface area contributed by atoms with Crippen molar-refractivity contribution in [3.05, 3.63) is 58.1 Å². The number of nitrogens with one attached hydrogen (secondary N) is 2. The monoisotopic (exact) mass is 459 g/mol. The Morgan fingerprint density at radius 1 is 1.10 bits per heavy atom. The minimum absolute atomic E-state index is 0.000476. The van der Waals surface area contributed by atoms with Gasteiger partial charge in [0.05, 0.1) is 24.4 Å². The van der Waals surface area contributed by atoms with E-state index in [-0.39, 0.29) is 30.6 Å². The number of anilines is 2. The van der Waals surface area contributed by atoms with Crippen LogP contribution in [0.1, 0.15) is 29.8 Å². The standard InChI is InChI=1S/C22H26BrN3O3/c1-14-4-9-20(19(23)10-14)25-21(27)11-24-18-7-5-17(6-8-18)22(28)26-12-15(2)29-16(3)13-26/h4-10,15-16,24H,11-13H2,1-3H3,(H,25,27). The average molecular weight is 460 g/mol. The largest absolute Gasteiger partial charge is 0.376 e. The van der Waals surface area contributed by atoms with Gasteiger partial charge < -0.3 is 20.3 Å². The molecule has 0 aromatic heterocycles. The highest BCUT2D eigenvalue weighted by atomic mass is 79.9. The van der Waals surface area contributed by atoms with Crippen LogP contribution in [-0.2, 0) is 9.53 Å². The summed E-state index contributed by atoms with van der Waals surface area (Å²) in [7, 11) is 0. The fourth-order valence-electron chi connectivity index (χ4n) is 3.36. The normalized spacial score (nSPS) is 19.0. The summed E-state index contributed by atoms with van der Waals surface area (Å²) in [5.74, 6) is -0.147. The Balaban J connectivity index is 1.53. The molecular weight excluding hydrogens is 434 g/mol. The molecule has 0 radical (unpaired) electrons. The first-order valence-electron chi connectivity index (χ1n) is 9.66. The maximum absolute atomic E-state index is 12.7. The van der Waals surface area contributed by atoms with Gasteiger partial charge in [-0.05, 0) is 78.7 Å². The summed E-state index contributed by atoms with van der Waals surface area (Å²) >= 11 is 3.45. The van der Waals surface area contributed by atoms with E-state index in [1.165, 1.54) is 0 Å². The predicted octanol–water partition coefficient (Wildman–Crippen LogP) is 4.06. The number of benzene rings is 2. The van der Waals surface area contributed by atoms with Crippen LogP contribution in [0.4, 0.5) is 11.4 Å². The van der Waals surface area contributed by atoms with E-state index in [1.54, 1.807) is 12.1 Å². The maximum atomic E-state index is 12.7. The van der Waals surface area contributed by atoms with Crippen molar-refractivity contribution in [2.45, 2.75) is 33.0 Å². The van der Waals surface area contributed by atoms with Crippen molar-refractivity contribution in [3.63, 3.8) is 0 Å². The third-order valence-electron chi connectivity index (χ3n) is 4.69. The second kappa shape index (κ2) is 9.41. The van der Waals surface area contributed by atoms with Crippen LogP contribution in [0.3, 0.4) is 0 Å². The number of aryl methyl sites for hydroxylation is 1. The van der Waals surface area contributed by atoms with Crippen LogP contribution in [0.2, 0.25) is 0 Å². The molecule has 0 spiro atoms. The third kappa shape index (κ3) is 5.81. The minimum Gasteiger partial charge on any atom is -0.376 e. The molecule has 2 unspecified atom stereocenters. The SMILES string of the molecule is Cc1ccc(NC(=O)CNc2ccc(C(=O)N3CC(C)OC(C)C3)cc2)c(Br)c1. The number of hydrogen-bond donors (Lipinski definition) is 2. The predicted molar refractivity (Wildman–Crippen MR) is 118 cm³/mol. The molecule has 3 rings (SSSR count). The van der Waals surface area contributed by atoms with Crippen molar-refractivity contribution >= 4 is 39.1 Å². The van der Waals surface area contributed by atoms with Gasteiger partial charge in [0, 0.05) is 28.8 Å². The van der Waals surface area contributed by atoms with Crippen LogP contribution >= 0.6 is 15.9 Å². The van der Waals surface area contributed by atoms with Crippen LogP contribution in [0.25, 0.3) is 0 Å². The molecule has 2 aromatic carbocycles. The minimum atomic E-state index is -0.147. The van der Waals surface area contributed by atoms with Crippen molar-refractivity contribution in [1.82, 2.24) is 4.90 Å². The van der Waals surface area contributed by atoms with Gasteiger partial charge >= 0.3 is 0 Å². The number of nitrogens with zero attached hydrogens (tertiary/aromatic N) is 1. The lowest BCUT2D eigenvalue weighted by Crippen LogP contribution is -2.48. The average Bonchev–Trinajstić information content (AvgIpc) is 2.67. The second-order valence-electron chi connectivity index (χ2n) is 7.43. The third-order valence-corrected chi connectivity index (χ3v) is 5.35. The molecule has 1 heterocycles. The van der Waals surface area contributed by atoms with Crippen molar-refractivity contribution < 1.29 is 14.3 Å². The van der Waals surface area contributed by atoms with Crippen LogP contribution in [0.5, 0.6) is 0 Å². The molecule has 0 bridgehead atoms. The Bertz CT molecular complexity index is 875. The summed E-state index contributed by atoms with van der Waals surface area (Å²) in [5, 5.41) is 5.95. The second-order valence-corrected chi connectivity index (χ2v) is 8.28. The number of hydrogen-bond acceptors (Lipinski definition) is 4. The van der Waals surface area contributed by atoms with Crippen LogP contribution in [0, 0.1) is 6.92 Å². The van der Waals surface area contributed by atoms with E-state index < -0.39 is 0 Å². The summed E-state index contributed by atoms with van der Waals surface area (Å²) in [5.41, 5.74) is 3.26. The van der Waals surface area contributed by atoms with E-state index >= 15 is 0 Å². The molecule has 1 aliphatic heterocycles. The Kier molecular flexibility index (Phi) is 6.92. The Morgan fingerprint density at radius 3 is 2.38 bits per heavy atom. The molecule has 1 aliphatic rings. The molecule has 1 saturated heterocycles. The van der Waals surface area contributed by atoms with E-state index in [0.717, 1.165) is 21.4 Å². The first-order chi connectivity index (χ1) is 13.8. The van der Waals surface area contributed by atoms with Gasteiger partial charge in [-0.25, -0.2) is 0 Å². The number of carbonyl (C=O) groups is 2. The molecule has 2 N–H and O–H groups in total. The molecule has 0 saturated carbocycles. The number of morpholine rings is 1. The highest BCUT2D eigenvalue weighted by Gasteiger charge is 2.26. The summed E-state index contributed by atoms with van der Waals surface area (Å²) < 4.78 is 6.53. The quantitative estimate of drug-likeness (QED) is 0.706. The molecular formula is C22H26BrN3O3. The van der Waals surface area contributed by atoms with Crippen LogP contribution < -0.4 is 10.6 Å². The molecule has 2 amide bonds. The van der Waals surface area contributed by atoms with Gasteiger partial charge in [-0.3, -0.25) is 9.59 Å². The number of rotatable bonds is 5. The Hall–Kier alpha value is -2.38. The van der Waals surface area contributed by atoms with Gasteiger partial charge in [0.25, 0.3) is 5.91 Å². The molecule has 7 heteroatoms. The fourth-order valence-corrected chi connectivity index (χ4v) is 3.95. The lowest BCUT2D eigenvalue weighted by Gasteiger charge is -2.35. The molecule has 29 heavy (non-hydrogen) atoms. The Morgan fingerprint density at radius 2 is 1.76 bits per heavy atom. The molecule has 2 atom stereocenters. The lowest BCUT2D eigenvalue weighted by atomic mass is 10.1. The zero-order valence-electron chi connectivity index (χ0n) is 16.9. The first-order valence-corrected chi connectivity index (χ1v) is 10.5. The van der Waals surface area contributed by atoms with Crippen LogP contribution in [0.15, 0.2) is 46.9 Å². The highest BCUT2D eigenvalue weighted by Crippen LogP contribution is 2.23. The molecule has 154 valence electrons. The van der Waals surface area contributed by atoms with Gasteiger partial charge in [0.2, 0.25) is 5.91 Å². The maximum Gasteiger partial charge on any atom is 0.254 e. The lowest BCUT2D eigenvalue weighted by molar-refractivity contribution is -0.114. The van der Waals surface area contributed by atoms with Gasteiger partial charge in [-0.15, -0.1) is 0 Å². The molecule has 0 aliphatic carbocycles. The Labute approximate surface area is 179 Å². The van der Waals surface area contributed by atoms with E-state index in [4.69, 9.17) is 4.74 Å². The smallest absolute Gasteiger partial charge is 0.254 e. The van der Waals surface area contributed by atoms with E-state index in [9.17, 15) is 9.59 Å². The van der Waals surface area contributed by atoms with Crippen molar-refractivity contribution in [1.29, 1.82) is 0 Å². The number of carbonyl (C=O) groups excluding carboxylic acids is 2. The van der Waals surface area contributed by atoms with E-state index in [0.29, 0.717) is 18.7 Å². The van der Waals surface area contributed by atoms with Crippen molar-refractivity contribution in [2.75, 3.05) is 30.3 Å². The van der Waals surface area contributed by atoms with E-state index in [1.807, 2.05) is 56.0 Å². The summed E-state index contributed by atoms with van der Waals surface area (Å²) in [6.45, 7) is 7.26. The molecule has 2 aromatic rings. The summed E-state index contributed by atoms with van der Waals surface area (Å²) in [6.07, 6.45) is 0.0754. The molecule has 6 nitrogen and oxygen atoms in total. The van der Waals surface area contributed by atoms with Gasteiger partial charge in [-0.1, -0.05) is 6.07 Å². The summed E-state index contributed by atoms with van der Waals surface area (Å²) in [6, 6.07) is 13.0. The zero-order valence-corrected chi connectivity index (χ0v) is 18.5. The van der Waals surface area contributed by atoms with Crippen molar-refractivity contribution in [3.8, 4) is 0 Å². The number of halogens is 1. The van der Waals surface area contributed by atoms with Gasteiger partial charge in [0.1, 0.15) is 0 Å². The number of amides is 2. The van der Waals surface area contributed by atoms with Gasteiger partial charge in [-0.2, -0.15) is 0 Å². The topological polar surface area (TPSA) is 70.7 Å². The summed E-state index contributed by atoms with van der Waals surface area (Å²) in [4.78, 5) is 26.7. The highest BCUT2D eigenvalue weighted by molar-refractivity contribution is 9.10. The van der Waals surface area contributed by atoms with Crippen molar-refractivity contribution in [2.24, 2.45) is 0 Å².